The molecule has 156 valence electrons. The van der Waals surface area contributed by atoms with Gasteiger partial charge in [0, 0.05) is 30.6 Å². The standard InChI is InChI=1S/C20H15ClF3N3O3/c1-26-17(29)14-6-5-11(20(22,23)24)9-15(14)27-16(28)7-8-19(26,27)18(30)25-13-4-2-3-12(21)10-13/h2-6,9-10H,7-8H2,1H3,(H,25,30). The first-order chi connectivity index (χ1) is 14.1. The summed E-state index contributed by atoms with van der Waals surface area (Å²) in [6, 6.07) is 8.82. The Morgan fingerprint density at radius 3 is 2.57 bits per heavy atom. The van der Waals surface area contributed by atoms with Crippen LogP contribution in [-0.2, 0) is 15.8 Å². The number of carbonyl (C=O) groups excluding carboxylic acids is 3. The van der Waals surface area contributed by atoms with E-state index in [9.17, 15) is 27.6 Å². The van der Waals surface area contributed by atoms with E-state index in [1.54, 1.807) is 18.2 Å². The maximum Gasteiger partial charge on any atom is 0.416 e. The van der Waals surface area contributed by atoms with E-state index in [4.69, 9.17) is 11.6 Å². The van der Waals surface area contributed by atoms with Gasteiger partial charge in [-0.3, -0.25) is 19.3 Å². The number of anilines is 2. The number of alkyl halides is 3. The van der Waals surface area contributed by atoms with Crippen molar-refractivity contribution in [3.63, 3.8) is 0 Å². The molecule has 1 unspecified atom stereocenters. The van der Waals surface area contributed by atoms with Crippen LogP contribution in [0.2, 0.25) is 5.02 Å². The third kappa shape index (κ3) is 2.92. The molecule has 1 atom stereocenters. The predicted molar refractivity (Wildman–Crippen MR) is 103 cm³/mol. The Bertz CT molecular complexity index is 1090. The molecule has 0 spiro atoms. The highest BCUT2D eigenvalue weighted by molar-refractivity contribution is 6.31. The van der Waals surface area contributed by atoms with Crippen molar-refractivity contribution < 1.29 is 27.6 Å². The van der Waals surface area contributed by atoms with E-state index in [0.29, 0.717) is 10.7 Å². The first-order valence-electron chi connectivity index (χ1n) is 8.95. The summed E-state index contributed by atoms with van der Waals surface area (Å²) in [5.41, 5.74) is -2.77. The lowest BCUT2D eigenvalue weighted by Gasteiger charge is -2.47. The van der Waals surface area contributed by atoms with Crippen molar-refractivity contribution in [2.75, 3.05) is 17.3 Å². The number of hydrogen-bond acceptors (Lipinski definition) is 3. The van der Waals surface area contributed by atoms with Gasteiger partial charge in [0.15, 0.2) is 0 Å². The molecule has 0 radical (unpaired) electrons. The van der Waals surface area contributed by atoms with Gasteiger partial charge in [0.05, 0.1) is 16.8 Å². The second-order valence-corrected chi connectivity index (χ2v) is 7.54. The van der Waals surface area contributed by atoms with Gasteiger partial charge in [-0.05, 0) is 36.4 Å². The van der Waals surface area contributed by atoms with Gasteiger partial charge in [0.25, 0.3) is 11.8 Å². The minimum atomic E-state index is -4.67. The number of likely N-dealkylation sites (N-methyl/N-ethyl adjacent to an activating group) is 1. The molecular formula is C20H15ClF3N3O3. The van der Waals surface area contributed by atoms with Crippen LogP contribution < -0.4 is 10.2 Å². The van der Waals surface area contributed by atoms with Gasteiger partial charge < -0.3 is 10.2 Å². The fourth-order valence-electron chi connectivity index (χ4n) is 3.95. The molecule has 30 heavy (non-hydrogen) atoms. The number of benzene rings is 2. The molecule has 2 aliphatic rings. The van der Waals surface area contributed by atoms with Crippen molar-refractivity contribution in [3.05, 3.63) is 58.6 Å². The zero-order valence-corrected chi connectivity index (χ0v) is 16.3. The van der Waals surface area contributed by atoms with E-state index in [1.165, 1.54) is 13.1 Å². The SMILES string of the molecule is CN1C(=O)c2ccc(C(F)(F)F)cc2N2C(=O)CCC12C(=O)Nc1cccc(Cl)c1. The minimum Gasteiger partial charge on any atom is -0.322 e. The predicted octanol–water partition coefficient (Wildman–Crippen LogP) is 3.91. The molecular weight excluding hydrogens is 423 g/mol. The highest BCUT2D eigenvalue weighted by atomic mass is 35.5. The van der Waals surface area contributed by atoms with Crippen LogP contribution >= 0.6 is 11.6 Å². The van der Waals surface area contributed by atoms with E-state index in [-0.39, 0.29) is 24.1 Å². The number of fused-ring (bicyclic) bond motifs is 3. The Labute approximate surface area is 174 Å². The number of nitrogens with zero attached hydrogens (tertiary/aromatic N) is 2. The van der Waals surface area contributed by atoms with Crippen LogP contribution in [-0.4, -0.2) is 35.3 Å². The summed E-state index contributed by atoms with van der Waals surface area (Å²) < 4.78 is 39.8. The summed E-state index contributed by atoms with van der Waals surface area (Å²) in [6.45, 7) is 0. The molecule has 0 aromatic heterocycles. The lowest BCUT2D eigenvalue weighted by molar-refractivity contribution is -0.137. The molecule has 1 saturated heterocycles. The van der Waals surface area contributed by atoms with Crippen LogP contribution in [0.3, 0.4) is 0 Å². The van der Waals surface area contributed by atoms with Gasteiger partial charge in [-0.25, -0.2) is 0 Å². The van der Waals surface area contributed by atoms with E-state index in [2.05, 4.69) is 5.32 Å². The average Bonchev–Trinajstić information content (AvgIpc) is 3.03. The molecule has 2 aromatic rings. The topological polar surface area (TPSA) is 69.7 Å². The van der Waals surface area contributed by atoms with Crippen LogP contribution in [0.4, 0.5) is 24.5 Å². The Morgan fingerprint density at radius 2 is 1.90 bits per heavy atom. The van der Waals surface area contributed by atoms with E-state index in [0.717, 1.165) is 28.0 Å². The fraction of sp³-hybridized carbons (Fsp3) is 0.250. The molecule has 2 aromatic carbocycles. The lowest BCUT2D eigenvalue weighted by Crippen LogP contribution is -2.68. The van der Waals surface area contributed by atoms with Crippen LogP contribution in [0.15, 0.2) is 42.5 Å². The largest absolute Gasteiger partial charge is 0.416 e. The molecule has 2 heterocycles. The van der Waals surface area contributed by atoms with Gasteiger partial charge in [-0.2, -0.15) is 13.2 Å². The van der Waals surface area contributed by atoms with E-state index >= 15 is 0 Å². The number of nitrogens with one attached hydrogen (secondary N) is 1. The highest BCUT2D eigenvalue weighted by Gasteiger charge is 2.60. The molecule has 4 rings (SSSR count). The number of hydrogen-bond donors (Lipinski definition) is 1. The summed E-state index contributed by atoms with van der Waals surface area (Å²) in [5.74, 6) is -1.91. The van der Waals surface area contributed by atoms with Crippen molar-refractivity contribution >= 4 is 40.7 Å². The fourth-order valence-corrected chi connectivity index (χ4v) is 4.14. The molecule has 1 N–H and O–H groups in total. The van der Waals surface area contributed by atoms with Crippen molar-refractivity contribution in [3.8, 4) is 0 Å². The van der Waals surface area contributed by atoms with Crippen LogP contribution in [0.25, 0.3) is 0 Å². The summed E-state index contributed by atoms with van der Waals surface area (Å²) in [4.78, 5) is 41.1. The summed E-state index contributed by atoms with van der Waals surface area (Å²) in [6.07, 6.45) is -4.83. The monoisotopic (exact) mass is 437 g/mol. The van der Waals surface area contributed by atoms with E-state index < -0.39 is 35.1 Å². The third-order valence-electron chi connectivity index (χ3n) is 5.41. The van der Waals surface area contributed by atoms with Gasteiger partial charge in [0.1, 0.15) is 0 Å². The summed E-state index contributed by atoms with van der Waals surface area (Å²) in [5, 5.41) is 2.99. The Morgan fingerprint density at radius 1 is 1.17 bits per heavy atom. The molecule has 0 bridgehead atoms. The third-order valence-corrected chi connectivity index (χ3v) is 5.64. The molecule has 3 amide bonds. The van der Waals surface area contributed by atoms with Gasteiger partial charge in [-0.1, -0.05) is 17.7 Å². The highest BCUT2D eigenvalue weighted by Crippen LogP contribution is 2.46. The Hall–Kier alpha value is -3.07. The lowest BCUT2D eigenvalue weighted by atomic mass is 9.95. The number of halogens is 4. The number of rotatable bonds is 2. The molecule has 1 fully saturated rings. The Kier molecular flexibility index (Phi) is 4.54. The number of amides is 3. The van der Waals surface area contributed by atoms with Gasteiger partial charge in [0.2, 0.25) is 11.6 Å². The maximum atomic E-state index is 13.3. The van der Waals surface area contributed by atoms with Gasteiger partial charge >= 0.3 is 6.18 Å². The quantitative estimate of drug-likeness (QED) is 0.774. The van der Waals surface area contributed by atoms with Crippen LogP contribution in [0, 0.1) is 0 Å². The average molecular weight is 438 g/mol. The maximum absolute atomic E-state index is 13.3. The summed E-state index contributed by atoms with van der Waals surface area (Å²) >= 11 is 5.94. The molecule has 2 aliphatic heterocycles. The molecule has 0 aliphatic carbocycles. The Balaban J connectivity index is 1.84. The van der Waals surface area contributed by atoms with Crippen LogP contribution in [0.5, 0.6) is 0 Å². The summed E-state index contributed by atoms with van der Waals surface area (Å²) in [7, 11) is 1.35. The van der Waals surface area contributed by atoms with Crippen molar-refractivity contribution in [1.29, 1.82) is 0 Å². The van der Waals surface area contributed by atoms with Crippen molar-refractivity contribution in [2.45, 2.75) is 24.7 Å². The van der Waals surface area contributed by atoms with Crippen molar-refractivity contribution in [1.82, 2.24) is 4.90 Å². The first-order valence-corrected chi connectivity index (χ1v) is 9.33. The first kappa shape index (κ1) is 20.2. The molecule has 10 heteroatoms. The zero-order valence-electron chi connectivity index (χ0n) is 15.6. The van der Waals surface area contributed by atoms with Crippen LogP contribution in [0.1, 0.15) is 28.8 Å². The second-order valence-electron chi connectivity index (χ2n) is 7.10. The zero-order chi connectivity index (χ0) is 21.8. The molecule has 6 nitrogen and oxygen atoms in total. The van der Waals surface area contributed by atoms with Gasteiger partial charge in [-0.15, -0.1) is 0 Å². The van der Waals surface area contributed by atoms with E-state index in [1.807, 2.05) is 0 Å². The number of carbonyl (C=O) groups is 3. The second kappa shape index (κ2) is 6.73. The minimum absolute atomic E-state index is 0.0594. The normalized spacial score (nSPS) is 20.8. The van der Waals surface area contributed by atoms with Crippen molar-refractivity contribution in [2.24, 2.45) is 0 Å². The smallest absolute Gasteiger partial charge is 0.322 e. The molecule has 0 saturated carbocycles.